The molecular formula is C34H34N2O4. The summed E-state index contributed by atoms with van der Waals surface area (Å²) in [6, 6.07) is 22.0. The van der Waals surface area contributed by atoms with Gasteiger partial charge in [-0.1, -0.05) is 54.6 Å². The maximum atomic E-state index is 14.3. The molecule has 6 nitrogen and oxygen atoms in total. The van der Waals surface area contributed by atoms with Crippen LogP contribution in [0.1, 0.15) is 72.3 Å². The number of likely N-dealkylation sites (tertiary alicyclic amines) is 1. The number of fused-ring (bicyclic) bond motifs is 1. The third-order valence-electron chi connectivity index (χ3n) is 8.73. The van der Waals surface area contributed by atoms with Gasteiger partial charge in [-0.25, -0.2) is 4.79 Å². The number of hydrogen-bond acceptors (Lipinski definition) is 5. The molecule has 2 aliphatic heterocycles. The molecule has 1 saturated heterocycles. The number of piperidine rings is 1. The quantitative estimate of drug-likeness (QED) is 0.416. The molecule has 6 rings (SSSR count). The lowest BCUT2D eigenvalue weighted by atomic mass is 9.73. The Bertz CT molecular complexity index is 1550. The van der Waals surface area contributed by atoms with Gasteiger partial charge in [-0.2, -0.15) is 0 Å². The highest BCUT2D eigenvalue weighted by Gasteiger charge is 2.40. The van der Waals surface area contributed by atoms with Crippen molar-refractivity contribution in [2.24, 2.45) is 0 Å². The number of benzene rings is 3. The molecule has 3 aromatic rings. The smallest absolute Gasteiger partial charge is 0.337 e. The van der Waals surface area contributed by atoms with Crippen molar-refractivity contribution in [2.75, 3.05) is 20.2 Å². The third kappa shape index (κ3) is 4.61. The predicted octanol–water partition coefficient (Wildman–Crippen LogP) is 6.00. The van der Waals surface area contributed by atoms with Gasteiger partial charge in [0.05, 0.1) is 12.7 Å². The van der Waals surface area contributed by atoms with Crippen LogP contribution in [-0.4, -0.2) is 42.8 Å². The van der Waals surface area contributed by atoms with Crippen molar-refractivity contribution in [1.29, 1.82) is 0 Å². The highest BCUT2D eigenvalue weighted by atomic mass is 16.5. The van der Waals surface area contributed by atoms with E-state index in [1.165, 1.54) is 12.7 Å². The first-order valence-corrected chi connectivity index (χ1v) is 14.2. The van der Waals surface area contributed by atoms with Crippen molar-refractivity contribution in [3.8, 4) is 0 Å². The Morgan fingerprint density at radius 1 is 0.925 bits per heavy atom. The van der Waals surface area contributed by atoms with E-state index in [1.807, 2.05) is 54.3 Å². The number of nitrogens with one attached hydrogen (secondary N) is 1. The SMILES string of the molecule is COC(=O)c1ccc(C2CCN(C(=O)C3=C(C)NC4=C(C(=O)CCC4)C3c3cccc4ccccc34)CC2)cc1. The number of carbonyl (C=O) groups excluding carboxylic acids is 3. The number of esters is 1. The Balaban J connectivity index is 1.30. The van der Waals surface area contributed by atoms with Crippen LogP contribution in [0.5, 0.6) is 0 Å². The van der Waals surface area contributed by atoms with Crippen LogP contribution in [0.2, 0.25) is 0 Å². The van der Waals surface area contributed by atoms with Crippen LogP contribution in [0.4, 0.5) is 0 Å². The highest BCUT2D eigenvalue weighted by molar-refractivity contribution is 6.06. The van der Waals surface area contributed by atoms with Crippen molar-refractivity contribution in [1.82, 2.24) is 10.2 Å². The van der Waals surface area contributed by atoms with Crippen LogP contribution in [-0.2, 0) is 14.3 Å². The topological polar surface area (TPSA) is 75.7 Å². The summed E-state index contributed by atoms with van der Waals surface area (Å²) in [5.41, 5.74) is 5.99. The number of allylic oxidation sites excluding steroid dienone is 3. The fourth-order valence-electron chi connectivity index (χ4n) is 6.68. The fraction of sp³-hybridized carbons (Fsp3) is 0.324. The second-order valence-electron chi connectivity index (χ2n) is 11.0. The van der Waals surface area contributed by atoms with E-state index in [9.17, 15) is 14.4 Å². The molecule has 3 aromatic carbocycles. The van der Waals surface area contributed by atoms with Crippen LogP contribution >= 0.6 is 0 Å². The normalized spacial score (nSPS) is 19.9. The summed E-state index contributed by atoms with van der Waals surface area (Å²) >= 11 is 0. The van der Waals surface area contributed by atoms with Crippen molar-refractivity contribution in [2.45, 2.75) is 50.9 Å². The molecule has 0 bridgehead atoms. The molecular weight excluding hydrogens is 500 g/mol. The number of rotatable bonds is 4. The Labute approximate surface area is 234 Å². The number of methoxy groups -OCH3 is 1. The summed E-state index contributed by atoms with van der Waals surface area (Å²) in [6.07, 6.45) is 3.85. The van der Waals surface area contributed by atoms with Gasteiger partial charge in [0, 0.05) is 48.0 Å². The van der Waals surface area contributed by atoms with E-state index >= 15 is 0 Å². The zero-order chi connectivity index (χ0) is 27.8. The van der Waals surface area contributed by atoms with Crippen LogP contribution in [0.15, 0.2) is 89.3 Å². The molecule has 1 atom stereocenters. The van der Waals surface area contributed by atoms with E-state index in [-0.39, 0.29) is 23.6 Å². The van der Waals surface area contributed by atoms with E-state index in [2.05, 4.69) is 29.6 Å². The third-order valence-corrected chi connectivity index (χ3v) is 8.73. The summed E-state index contributed by atoms with van der Waals surface area (Å²) in [5, 5.41) is 5.66. The van der Waals surface area contributed by atoms with Crippen LogP contribution in [0.25, 0.3) is 10.8 Å². The van der Waals surface area contributed by atoms with Crippen LogP contribution < -0.4 is 5.32 Å². The Morgan fingerprint density at radius 3 is 2.40 bits per heavy atom. The molecule has 0 spiro atoms. The van der Waals surface area contributed by atoms with E-state index in [0.717, 1.165) is 59.0 Å². The molecule has 40 heavy (non-hydrogen) atoms. The van der Waals surface area contributed by atoms with Crippen molar-refractivity contribution >= 4 is 28.4 Å². The highest BCUT2D eigenvalue weighted by Crippen LogP contribution is 2.45. The molecule has 1 amide bonds. The maximum Gasteiger partial charge on any atom is 0.337 e. The number of nitrogens with zero attached hydrogens (tertiary/aromatic N) is 1. The zero-order valence-corrected chi connectivity index (χ0v) is 23.0. The van der Waals surface area contributed by atoms with Gasteiger partial charge >= 0.3 is 5.97 Å². The summed E-state index contributed by atoms with van der Waals surface area (Å²) in [4.78, 5) is 41.5. The van der Waals surface area contributed by atoms with Gasteiger partial charge in [-0.15, -0.1) is 0 Å². The molecule has 2 heterocycles. The number of ketones is 1. The van der Waals surface area contributed by atoms with Crippen molar-refractivity contribution < 1.29 is 19.1 Å². The second-order valence-corrected chi connectivity index (χ2v) is 11.0. The molecule has 0 aromatic heterocycles. The largest absolute Gasteiger partial charge is 0.465 e. The number of Topliss-reactive ketones (excluding diaryl/α,β-unsaturated/α-hetero) is 1. The molecule has 6 heteroatoms. The minimum absolute atomic E-state index is 0.00680. The van der Waals surface area contributed by atoms with Gasteiger partial charge < -0.3 is 15.0 Å². The fourth-order valence-corrected chi connectivity index (χ4v) is 6.68. The predicted molar refractivity (Wildman–Crippen MR) is 155 cm³/mol. The van der Waals surface area contributed by atoms with E-state index in [4.69, 9.17) is 4.74 Å². The Morgan fingerprint density at radius 2 is 1.65 bits per heavy atom. The van der Waals surface area contributed by atoms with Gasteiger partial charge in [0.15, 0.2) is 5.78 Å². The first-order chi connectivity index (χ1) is 19.5. The number of dihydropyridines is 1. The van der Waals surface area contributed by atoms with E-state index in [0.29, 0.717) is 36.6 Å². The molecule has 1 aliphatic carbocycles. The molecule has 1 unspecified atom stereocenters. The van der Waals surface area contributed by atoms with Gasteiger partial charge in [-0.05, 0) is 72.6 Å². The van der Waals surface area contributed by atoms with Crippen molar-refractivity contribution in [3.05, 3.63) is 106 Å². The number of carbonyl (C=O) groups is 3. The van der Waals surface area contributed by atoms with Gasteiger partial charge in [0.1, 0.15) is 0 Å². The Kier molecular flexibility index (Phi) is 7.01. The molecule has 1 fully saturated rings. The number of hydrogen-bond donors (Lipinski definition) is 1. The summed E-state index contributed by atoms with van der Waals surface area (Å²) in [7, 11) is 1.38. The number of amides is 1. The van der Waals surface area contributed by atoms with E-state index < -0.39 is 0 Å². The lowest BCUT2D eigenvalue weighted by Crippen LogP contribution is -2.43. The van der Waals surface area contributed by atoms with E-state index in [1.54, 1.807) is 0 Å². The second kappa shape index (κ2) is 10.8. The van der Waals surface area contributed by atoms with Crippen LogP contribution in [0.3, 0.4) is 0 Å². The lowest BCUT2D eigenvalue weighted by Gasteiger charge is -2.38. The van der Waals surface area contributed by atoms with Crippen molar-refractivity contribution in [3.63, 3.8) is 0 Å². The van der Waals surface area contributed by atoms with Gasteiger partial charge in [-0.3, -0.25) is 9.59 Å². The molecule has 3 aliphatic rings. The monoisotopic (exact) mass is 534 g/mol. The molecule has 204 valence electrons. The summed E-state index contributed by atoms with van der Waals surface area (Å²) in [5.74, 6) is -0.261. The zero-order valence-electron chi connectivity index (χ0n) is 23.0. The standard InChI is InChI=1S/C34H34N2O4/c1-21-30(33(38)36-19-17-23(18-20-36)22-13-15-25(16-14-22)34(39)40-2)31(32-28(35-21)11-6-12-29(32)37)27-10-5-8-24-7-3-4-9-26(24)27/h3-5,7-10,13-16,23,31,35H,6,11-12,17-20H2,1-2H3. The minimum Gasteiger partial charge on any atom is -0.465 e. The average Bonchev–Trinajstić information content (AvgIpc) is 2.99. The van der Waals surface area contributed by atoms with Gasteiger partial charge in [0.25, 0.3) is 5.91 Å². The average molecular weight is 535 g/mol. The summed E-state index contributed by atoms with van der Waals surface area (Å²) < 4.78 is 4.82. The van der Waals surface area contributed by atoms with Gasteiger partial charge in [0.2, 0.25) is 0 Å². The maximum absolute atomic E-state index is 14.3. The molecule has 0 saturated carbocycles. The van der Waals surface area contributed by atoms with Crippen LogP contribution in [0, 0.1) is 0 Å². The Hall–Kier alpha value is -4.19. The lowest BCUT2D eigenvalue weighted by molar-refractivity contribution is -0.128. The molecule has 0 radical (unpaired) electrons. The molecule has 1 N–H and O–H groups in total. The summed E-state index contributed by atoms with van der Waals surface area (Å²) in [6.45, 7) is 3.26. The first kappa shape index (κ1) is 26.1. The minimum atomic E-state index is -0.383. The first-order valence-electron chi connectivity index (χ1n) is 14.2. The number of ether oxygens (including phenoxy) is 1.